The van der Waals surface area contributed by atoms with E-state index in [9.17, 15) is 9.59 Å². The van der Waals surface area contributed by atoms with E-state index in [1.54, 1.807) is 11.8 Å². The molecule has 1 aliphatic rings. The summed E-state index contributed by atoms with van der Waals surface area (Å²) in [7, 11) is 0. The topological polar surface area (TPSA) is 70.7 Å². The Hall–Kier alpha value is -2.08. The molecule has 24 heavy (non-hydrogen) atoms. The van der Waals surface area contributed by atoms with E-state index in [4.69, 9.17) is 4.74 Å². The highest BCUT2D eigenvalue weighted by atomic mass is 16.6. The molecule has 0 saturated carbocycles. The zero-order valence-electron chi connectivity index (χ0n) is 14.7. The largest absolute Gasteiger partial charge is 0.450 e. The predicted octanol–water partition coefficient (Wildman–Crippen LogP) is 2.45. The Morgan fingerprint density at radius 1 is 1.25 bits per heavy atom. The average molecular weight is 333 g/mol. The lowest BCUT2D eigenvalue weighted by Crippen LogP contribution is -2.46. The van der Waals surface area contributed by atoms with Crippen LogP contribution in [0.5, 0.6) is 0 Å². The molecule has 132 valence electrons. The molecule has 2 N–H and O–H groups in total. The molecule has 1 aromatic carbocycles. The van der Waals surface area contributed by atoms with Gasteiger partial charge in [0.1, 0.15) is 0 Å². The summed E-state index contributed by atoms with van der Waals surface area (Å²) in [4.78, 5) is 25.5. The highest BCUT2D eigenvalue weighted by Gasteiger charge is 2.23. The van der Waals surface area contributed by atoms with Gasteiger partial charge in [0.25, 0.3) is 0 Å². The van der Waals surface area contributed by atoms with Gasteiger partial charge in [-0.25, -0.2) is 4.79 Å². The number of amides is 2. The minimum absolute atomic E-state index is 0.0449. The molecule has 1 aromatic rings. The first-order valence-corrected chi connectivity index (χ1v) is 8.52. The number of nitrogens with zero attached hydrogens (tertiary/aromatic N) is 1. The van der Waals surface area contributed by atoms with Gasteiger partial charge >= 0.3 is 6.09 Å². The lowest BCUT2D eigenvalue weighted by Gasteiger charge is -2.31. The Morgan fingerprint density at radius 2 is 1.96 bits per heavy atom. The Morgan fingerprint density at radius 3 is 2.62 bits per heavy atom. The van der Waals surface area contributed by atoms with E-state index < -0.39 is 0 Å². The average Bonchev–Trinajstić information content (AvgIpc) is 2.58. The number of rotatable bonds is 5. The van der Waals surface area contributed by atoms with E-state index >= 15 is 0 Å². The van der Waals surface area contributed by atoms with Gasteiger partial charge in [0.2, 0.25) is 5.91 Å². The standard InChI is InChI=1S/C18H27N3O3/c1-4-24-18(23)21-10-8-15(9-11-21)19-12-17(22)20-16-7-5-6-13(2)14(16)3/h5-7,15,19H,4,8-12H2,1-3H3,(H,20,22). The van der Waals surface area contributed by atoms with Crippen LogP contribution < -0.4 is 10.6 Å². The van der Waals surface area contributed by atoms with E-state index in [2.05, 4.69) is 10.6 Å². The SMILES string of the molecule is CCOC(=O)N1CCC(NCC(=O)Nc2cccc(C)c2C)CC1. The molecule has 0 unspecified atom stereocenters. The molecule has 1 aliphatic heterocycles. The summed E-state index contributed by atoms with van der Waals surface area (Å²) in [6, 6.07) is 6.13. The highest BCUT2D eigenvalue weighted by molar-refractivity contribution is 5.93. The van der Waals surface area contributed by atoms with Crippen LogP contribution in [0.25, 0.3) is 0 Å². The number of benzene rings is 1. The van der Waals surface area contributed by atoms with Crippen molar-refractivity contribution >= 4 is 17.7 Å². The molecule has 0 aliphatic carbocycles. The van der Waals surface area contributed by atoms with Gasteiger partial charge in [-0.3, -0.25) is 4.79 Å². The van der Waals surface area contributed by atoms with E-state index in [0.29, 0.717) is 19.7 Å². The van der Waals surface area contributed by atoms with Crippen molar-refractivity contribution in [1.82, 2.24) is 10.2 Å². The summed E-state index contributed by atoms with van der Waals surface area (Å²) >= 11 is 0. The van der Waals surface area contributed by atoms with Crippen molar-refractivity contribution in [3.8, 4) is 0 Å². The number of anilines is 1. The van der Waals surface area contributed by atoms with Gasteiger partial charge in [-0.1, -0.05) is 12.1 Å². The van der Waals surface area contributed by atoms with Crippen LogP contribution in [-0.2, 0) is 9.53 Å². The summed E-state index contributed by atoms with van der Waals surface area (Å²) in [5.74, 6) is -0.0449. The second-order valence-electron chi connectivity index (χ2n) is 6.14. The van der Waals surface area contributed by atoms with Crippen LogP contribution in [0.1, 0.15) is 30.9 Å². The van der Waals surface area contributed by atoms with Gasteiger partial charge < -0.3 is 20.3 Å². The van der Waals surface area contributed by atoms with Gasteiger partial charge in [-0.2, -0.15) is 0 Å². The van der Waals surface area contributed by atoms with Crippen LogP contribution in [0.3, 0.4) is 0 Å². The van der Waals surface area contributed by atoms with Crippen LogP contribution in [0, 0.1) is 13.8 Å². The number of hydrogen-bond donors (Lipinski definition) is 2. The van der Waals surface area contributed by atoms with Crippen LogP contribution in [0.4, 0.5) is 10.5 Å². The molecule has 6 heteroatoms. The highest BCUT2D eigenvalue weighted by Crippen LogP contribution is 2.17. The van der Waals surface area contributed by atoms with Crippen molar-refractivity contribution in [3.63, 3.8) is 0 Å². The number of piperidine rings is 1. The molecule has 1 fully saturated rings. The van der Waals surface area contributed by atoms with Crippen LogP contribution in [0.2, 0.25) is 0 Å². The molecule has 1 heterocycles. The number of carbonyl (C=O) groups excluding carboxylic acids is 2. The Bertz CT molecular complexity index is 581. The molecule has 2 rings (SSSR count). The van der Waals surface area contributed by atoms with E-state index in [-0.39, 0.29) is 24.6 Å². The number of hydrogen-bond acceptors (Lipinski definition) is 4. The quantitative estimate of drug-likeness (QED) is 0.868. The first-order valence-electron chi connectivity index (χ1n) is 8.52. The molecule has 0 radical (unpaired) electrons. The molecule has 0 aromatic heterocycles. The van der Waals surface area contributed by atoms with Gasteiger partial charge in [0, 0.05) is 24.8 Å². The fourth-order valence-corrected chi connectivity index (χ4v) is 2.80. The summed E-state index contributed by atoms with van der Waals surface area (Å²) in [5, 5.41) is 6.22. The molecule has 0 bridgehead atoms. The second-order valence-corrected chi connectivity index (χ2v) is 6.14. The lowest BCUT2D eigenvalue weighted by atomic mass is 10.1. The summed E-state index contributed by atoms with van der Waals surface area (Å²) < 4.78 is 5.00. The Balaban J connectivity index is 1.73. The fraction of sp³-hybridized carbons (Fsp3) is 0.556. The van der Waals surface area contributed by atoms with Gasteiger partial charge in [-0.05, 0) is 50.8 Å². The van der Waals surface area contributed by atoms with Crippen molar-refractivity contribution in [2.75, 3.05) is 31.6 Å². The van der Waals surface area contributed by atoms with Crippen LogP contribution in [-0.4, -0.2) is 49.2 Å². The molecular formula is C18H27N3O3. The molecule has 2 amide bonds. The van der Waals surface area contributed by atoms with Gasteiger partial charge in [0.05, 0.1) is 13.2 Å². The minimum Gasteiger partial charge on any atom is -0.450 e. The minimum atomic E-state index is -0.247. The van der Waals surface area contributed by atoms with Crippen molar-refractivity contribution < 1.29 is 14.3 Å². The van der Waals surface area contributed by atoms with E-state index in [0.717, 1.165) is 29.7 Å². The maximum atomic E-state index is 12.1. The first kappa shape index (κ1) is 18.3. The Labute approximate surface area is 143 Å². The lowest BCUT2D eigenvalue weighted by molar-refractivity contribution is -0.115. The summed E-state index contributed by atoms with van der Waals surface area (Å²) in [6.45, 7) is 7.84. The number of nitrogens with one attached hydrogen (secondary N) is 2. The Kier molecular flexibility index (Phi) is 6.61. The molecular weight excluding hydrogens is 306 g/mol. The van der Waals surface area contributed by atoms with E-state index in [1.807, 2.05) is 32.0 Å². The smallest absolute Gasteiger partial charge is 0.409 e. The molecule has 1 saturated heterocycles. The number of aryl methyl sites for hydroxylation is 1. The number of likely N-dealkylation sites (tertiary alicyclic amines) is 1. The summed E-state index contributed by atoms with van der Waals surface area (Å²) in [5.41, 5.74) is 3.11. The second kappa shape index (κ2) is 8.68. The number of ether oxygens (including phenoxy) is 1. The molecule has 0 atom stereocenters. The van der Waals surface area contributed by atoms with Crippen molar-refractivity contribution in [1.29, 1.82) is 0 Å². The predicted molar refractivity (Wildman–Crippen MR) is 94.2 cm³/mol. The summed E-state index contributed by atoms with van der Waals surface area (Å²) in [6.07, 6.45) is 1.41. The van der Waals surface area contributed by atoms with Crippen LogP contribution >= 0.6 is 0 Å². The fourth-order valence-electron chi connectivity index (χ4n) is 2.80. The number of carbonyl (C=O) groups is 2. The first-order chi connectivity index (χ1) is 11.5. The van der Waals surface area contributed by atoms with Crippen LogP contribution in [0.15, 0.2) is 18.2 Å². The third-order valence-electron chi connectivity index (χ3n) is 4.45. The van der Waals surface area contributed by atoms with E-state index in [1.165, 1.54) is 0 Å². The van der Waals surface area contributed by atoms with Crippen molar-refractivity contribution in [3.05, 3.63) is 29.3 Å². The monoisotopic (exact) mass is 333 g/mol. The molecule has 0 spiro atoms. The molecule has 6 nitrogen and oxygen atoms in total. The zero-order valence-corrected chi connectivity index (χ0v) is 14.7. The normalized spacial score (nSPS) is 15.2. The van der Waals surface area contributed by atoms with Crippen molar-refractivity contribution in [2.45, 2.75) is 39.7 Å². The maximum absolute atomic E-state index is 12.1. The third-order valence-corrected chi connectivity index (χ3v) is 4.45. The zero-order chi connectivity index (χ0) is 17.5. The van der Waals surface area contributed by atoms with Gasteiger partial charge in [0.15, 0.2) is 0 Å². The van der Waals surface area contributed by atoms with Gasteiger partial charge in [-0.15, -0.1) is 0 Å². The van der Waals surface area contributed by atoms with Crippen molar-refractivity contribution in [2.24, 2.45) is 0 Å². The maximum Gasteiger partial charge on any atom is 0.409 e. The third kappa shape index (κ3) is 4.96.